The van der Waals surface area contributed by atoms with Crippen LogP contribution in [0.15, 0.2) is 95.5 Å². The maximum absolute atomic E-state index is 6.15. The highest BCUT2D eigenvalue weighted by atomic mass is 79.9. The molecule has 0 bridgehead atoms. The van der Waals surface area contributed by atoms with E-state index in [1.807, 2.05) is 18.2 Å². The fraction of sp³-hybridized carbons (Fsp3) is 0.115. The predicted molar refractivity (Wildman–Crippen MR) is 127 cm³/mol. The van der Waals surface area contributed by atoms with Crippen molar-refractivity contribution in [1.29, 1.82) is 0 Å². The summed E-state index contributed by atoms with van der Waals surface area (Å²) in [6, 6.07) is 31.2. The second-order valence-electron chi connectivity index (χ2n) is 7.26. The molecule has 148 valence electrons. The number of aromatic nitrogens is 2. The molecule has 30 heavy (non-hydrogen) atoms. The summed E-state index contributed by atoms with van der Waals surface area (Å²) in [6.07, 6.45) is 0.896. The third kappa shape index (κ3) is 3.71. The minimum absolute atomic E-state index is 0.653. The number of imidazole rings is 1. The smallest absolute Gasteiger partial charge is 0.141 e. The Labute approximate surface area is 184 Å². The van der Waals surface area contributed by atoms with E-state index >= 15 is 0 Å². The van der Waals surface area contributed by atoms with Crippen molar-refractivity contribution in [3.8, 4) is 17.1 Å². The fourth-order valence-electron chi connectivity index (χ4n) is 3.85. The number of nitrogens with zero attached hydrogens (tertiary/aromatic N) is 2. The lowest BCUT2D eigenvalue weighted by atomic mass is 10.1. The fourth-order valence-corrected chi connectivity index (χ4v) is 4.11. The van der Waals surface area contributed by atoms with Crippen molar-refractivity contribution in [2.24, 2.45) is 0 Å². The highest BCUT2D eigenvalue weighted by Crippen LogP contribution is 2.27. The lowest BCUT2D eigenvalue weighted by molar-refractivity contribution is 0.306. The molecule has 0 atom stereocenters. The van der Waals surface area contributed by atoms with E-state index in [1.165, 1.54) is 5.39 Å². The van der Waals surface area contributed by atoms with Gasteiger partial charge in [0.25, 0.3) is 0 Å². The van der Waals surface area contributed by atoms with Crippen LogP contribution in [-0.2, 0) is 6.54 Å². The number of para-hydroxylation sites is 2. The molecule has 1 aromatic heterocycles. The second kappa shape index (κ2) is 8.33. The summed E-state index contributed by atoms with van der Waals surface area (Å²) in [4.78, 5) is 4.90. The molecule has 0 radical (unpaired) electrons. The zero-order valence-corrected chi connectivity index (χ0v) is 18.0. The molecule has 0 saturated heterocycles. The minimum atomic E-state index is 0.653. The SMILES string of the molecule is Brc1ccc(-c2nc3ccccc3n2CCCOc2cccc3ccccc23)cc1. The number of ether oxygens (including phenoxy) is 1. The van der Waals surface area contributed by atoms with Gasteiger partial charge in [-0.25, -0.2) is 4.98 Å². The maximum atomic E-state index is 6.15. The standard InChI is InChI=1S/C26H21BrN2O/c27-21-15-13-20(14-16-21)26-28-23-10-3-4-11-24(23)29(26)17-6-18-30-25-12-5-8-19-7-1-2-9-22(19)25/h1-5,7-16H,6,17-18H2. The highest BCUT2D eigenvalue weighted by Gasteiger charge is 2.12. The Balaban J connectivity index is 1.37. The van der Waals surface area contributed by atoms with Gasteiger partial charge in [-0.1, -0.05) is 76.6 Å². The lowest BCUT2D eigenvalue weighted by Crippen LogP contribution is -2.06. The zero-order valence-electron chi connectivity index (χ0n) is 16.5. The van der Waals surface area contributed by atoms with E-state index in [9.17, 15) is 0 Å². The largest absolute Gasteiger partial charge is 0.493 e. The van der Waals surface area contributed by atoms with Gasteiger partial charge in [-0.2, -0.15) is 0 Å². The molecule has 0 amide bonds. The molecule has 0 N–H and O–H groups in total. The van der Waals surface area contributed by atoms with Crippen LogP contribution in [0, 0.1) is 0 Å². The molecule has 5 rings (SSSR count). The van der Waals surface area contributed by atoms with Crippen LogP contribution in [0.5, 0.6) is 5.75 Å². The van der Waals surface area contributed by atoms with Crippen molar-refractivity contribution in [3.63, 3.8) is 0 Å². The van der Waals surface area contributed by atoms with Crippen LogP contribution in [-0.4, -0.2) is 16.2 Å². The third-order valence-corrected chi connectivity index (χ3v) is 5.82. The van der Waals surface area contributed by atoms with Crippen LogP contribution >= 0.6 is 15.9 Å². The Morgan fingerprint density at radius 3 is 2.47 bits per heavy atom. The molecule has 0 spiro atoms. The van der Waals surface area contributed by atoms with Crippen LogP contribution < -0.4 is 4.74 Å². The summed E-state index contributed by atoms with van der Waals surface area (Å²) in [5, 5.41) is 2.36. The molecule has 1 heterocycles. The first-order valence-electron chi connectivity index (χ1n) is 10.1. The van der Waals surface area contributed by atoms with E-state index in [0.717, 1.165) is 51.0 Å². The van der Waals surface area contributed by atoms with Gasteiger partial charge in [0.1, 0.15) is 11.6 Å². The first-order valence-corrected chi connectivity index (χ1v) is 10.9. The second-order valence-corrected chi connectivity index (χ2v) is 8.18. The molecule has 0 aliphatic rings. The summed E-state index contributed by atoms with van der Waals surface area (Å²) in [7, 11) is 0. The molecule has 5 aromatic rings. The summed E-state index contributed by atoms with van der Waals surface area (Å²) in [5.74, 6) is 1.94. The molecule has 0 aliphatic carbocycles. The molecule has 0 saturated carbocycles. The molecule has 0 aliphatic heterocycles. The predicted octanol–water partition coefficient (Wildman–Crippen LogP) is 7.09. The Kier molecular flexibility index (Phi) is 5.24. The van der Waals surface area contributed by atoms with Gasteiger partial charge in [0.15, 0.2) is 0 Å². The summed E-state index contributed by atoms with van der Waals surface area (Å²) in [6.45, 7) is 1.50. The van der Waals surface area contributed by atoms with Crippen molar-refractivity contribution in [2.45, 2.75) is 13.0 Å². The van der Waals surface area contributed by atoms with Gasteiger partial charge >= 0.3 is 0 Å². The summed E-state index contributed by atoms with van der Waals surface area (Å²) < 4.78 is 9.51. The quantitative estimate of drug-likeness (QED) is 0.255. The van der Waals surface area contributed by atoms with Crippen molar-refractivity contribution in [2.75, 3.05) is 6.61 Å². The minimum Gasteiger partial charge on any atom is -0.493 e. The van der Waals surface area contributed by atoms with E-state index in [1.54, 1.807) is 0 Å². The van der Waals surface area contributed by atoms with Gasteiger partial charge in [0.05, 0.1) is 17.6 Å². The molecule has 0 unspecified atom stereocenters. The van der Waals surface area contributed by atoms with Gasteiger partial charge in [-0.05, 0) is 42.1 Å². The van der Waals surface area contributed by atoms with E-state index in [-0.39, 0.29) is 0 Å². The average Bonchev–Trinajstić information content (AvgIpc) is 3.16. The van der Waals surface area contributed by atoms with Crippen molar-refractivity contribution in [1.82, 2.24) is 9.55 Å². The van der Waals surface area contributed by atoms with E-state index in [2.05, 4.69) is 93.3 Å². The van der Waals surface area contributed by atoms with Gasteiger partial charge in [-0.3, -0.25) is 0 Å². The number of rotatable bonds is 6. The number of hydrogen-bond acceptors (Lipinski definition) is 2. The zero-order chi connectivity index (χ0) is 20.3. The topological polar surface area (TPSA) is 27.1 Å². The summed E-state index contributed by atoms with van der Waals surface area (Å²) in [5.41, 5.74) is 3.29. The Hall–Kier alpha value is -3.11. The normalized spacial score (nSPS) is 11.2. The van der Waals surface area contributed by atoms with Gasteiger partial charge in [0.2, 0.25) is 0 Å². The molecular weight excluding hydrogens is 436 g/mol. The molecular formula is C26H21BrN2O. The molecule has 0 fully saturated rings. The van der Waals surface area contributed by atoms with E-state index in [4.69, 9.17) is 9.72 Å². The first kappa shape index (κ1) is 18.9. The Morgan fingerprint density at radius 1 is 0.800 bits per heavy atom. The molecule has 3 nitrogen and oxygen atoms in total. The van der Waals surface area contributed by atoms with Gasteiger partial charge in [0, 0.05) is 22.0 Å². The van der Waals surface area contributed by atoms with Crippen LogP contribution in [0.3, 0.4) is 0 Å². The van der Waals surface area contributed by atoms with Crippen molar-refractivity contribution >= 4 is 37.7 Å². The number of halogens is 1. The number of hydrogen-bond donors (Lipinski definition) is 0. The lowest BCUT2D eigenvalue weighted by Gasteiger charge is -2.12. The third-order valence-electron chi connectivity index (χ3n) is 5.29. The van der Waals surface area contributed by atoms with Crippen molar-refractivity contribution < 1.29 is 4.74 Å². The van der Waals surface area contributed by atoms with Gasteiger partial charge in [-0.15, -0.1) is 0 Å². The first-order chi connectivity index (χ1) is 14.8. The van der Waals surface area contributed by atoms with Crippen LogP contribution in [0.4, 0.5) is 0 Å². The van der Waals surface area contributed by atoms with Gasteiger partial charge < -0.3 is 9.30 Å². The summed E-state index contributed by atoms with van der Waals surface area (Å²) >= 11 is 3.52. The van der Waals surface area contributed by atoms with E-state index in [0.29, 0.717) is 6.61 Å². The maximum Gasteiger partial charge on any atom is 0.141 e. The monoisotopic (exact) mass is 456 g/mol. The van der Waals surface area contributed by atoms with E-state index < -0.39 is 0 Å². The molecule has 4 aromatic carbocycles. The highest BCUT2D eigenvalue weighted by molar-refractivity contribution is 9.10. The average molecular weight is 457 g/mol. The number of benzene rings is 4. The van der Waals surface area contributed by atoms with Crippen LogP contribution in [0.2, 0.25) is 0 Å². The van der Waals surface area contributed by atoms with Crippen molar-refractivity contribution in [3.05, 3.63) is 95.5 Å². The molecule has 4 heteroatoms. The Morgan fingerprint density at radius 2 is 1.57 bits per heavy atom. The van der Waals surface area contributed by atoms with Crippen LogP contribution in [0.1, 0.15) is 6.42 Å². The number of fused-ring (bicyclic) bond motifs is 2. The Bertz CT molecular complexity index is 1300. The van der Waals surface area contributed by atoms with Crippen LogP contribution in [0.25, 0.3) is 33.2 Å². The number of aryl methyl sites for hydroxylation is 1.